The molecular formula is C30H32F2N4O5. The fraction of sp³-hybridized carbons (Fsp3) is 0.333. The molecule has 0 bridgehead atoms. The van der Waals surface area contributed by atoms with E-state index in [1.807, 2.05) is 19.1 Å². The zero-order valence-corrected chi connectivity index (χ0v) is 22.5. The molecule has 0 unspecified atom stereocenters. The zero-order valence-electron chi connectivity index (χ0n) is 22.5. The molecule has 0 spiro atoms. The van der Waals surface area contributed by atoms with E-state index in [0.29, 0.717) is 21.8 Å². The molecule has 1 saturated heterocycles. The molecule has 0 radical (unpaired) electrons. The van der Waals surface area contributed by atoms with Crippen molar-refractivity contribution in [3.8, 4) is 5.75 Å². The number of nitrogens with one attached hydrogen (secondary N) is 2. The number of hydrogen-bond acceptors (Lipinski definition) is 6. The Morgan fingerprint density at radius 1 is 1.07 bits per heavy atom. The second kappa shape index (κ2) is 13.3. The number of ether oxygens (including phenoxy) is 1. The van der Waals surface area contributed by atoms with E-state index in [2.05, 4.69) is 15.6 Å². The number of carbonyl (C=O) groups excluding carboxylic acids is 3. The van der Waals surface area contributed by atoms with Crippen molar-refractivity contribution in [2.24, 2.45) is 0 Å². The highest BCUT2D eigenvalue weighted by molar-refractivity contribution is 5.91. The van der Waals surface area contributed by atoms with E-state index in [1.165, 1.54) is 6.20 Å². The number of aryl methyl sites for hydroxylation is 1. The summed E-state index contributed by atoms with van der Waals surface area (Å²) in [6, 6.07) is 16.6. The molecule has 1 aliphatic rings. The first kappa shape index (κ1) is 29.6. The van der Waals surface area contributed by atoms with E-state index in [-0.39, 0.29) is 13.0 Å². The maximum absolute atomic E-state index is 14.5. The van der Waals surface area contributed by atoms with E-state index in [4.69, 9.17) is 4.74 Å². The Hall–Kier alpha value is -4.38. The summed E-state index contributed by atoms with van der Waals surface area (Å²) < 4.78 is 34.6. The molecule has 11 heteroatoms. The lowest BCUT2D eigenvalue weighted by atomic mass is 9.99. The van der Waals surface area contributed by atoms with Crippen LogP contribution in [0.25, 0.3) is 0 Å². The van der Waals surface area contributed by atoms with E-state index in [0.717, 1.165) is 5.56 Å². The van der Waals surface area contributed by atoms with Crippen molar-refractivity contribution in [1.29, 1.82) is 0 Å². The van der Waals surface area contributed by atoms with Gasteiger partial charge in [-0.1, -0.05) is 54.6 Å². The van der Waals surface area contributed by atoms with Crippen LogP contribution in [0.2, 0.25) is 0 Å². The summed E-state index contributed by atoms with van der Waals surface area (Å²) >= 11 is 0. The van der Waals surface area contributed by atoms with Gasteiger partial charge in [-0.2, -0.15) is 0 Å². The number of amides is 3. The highest BCUT2D eigenvalue weighted by Gasteiger charge is 2.51. The average Bonchev–Trinajstić information content (AvgIpc) is 3.30. The van der Waals surface area contributed by atoms with Crippen LogP contribution in [0, 0.1) is 6.92 Å². The molecule has 41 heavy (non-hydrogen) atoms. The number of benzene rings is 2. The smallest absolute Gasteiger partial charge is 0.267 e. The quantitative estimate of drug-likeness (QED) is 0.328. The predicted molar refractivity (Wildman–Crippen MR) is 146 cm³/mol. The lowest BCUT2D eigenvalue weighted by Gasteiger charge is -2.30. The summed E-state index contributed by atoms with van der Waals surface area (Å²) in [4.78, 5) is 43.8. The van der Waals surface area contributed by atoms with E-state index < -0.39 is 61.4 Å². The Morgan fingerprint density at radius 2 is 1.78 bits per heavy atom. The van der Waals surface area contributed by atoms with E-state index in [9.17, 15) is 28.3 Å². The fourth-order valence-electron chi connectivity index (χ4n) is 4.65. The Labute approximate surface area is 236 Å². The highest BCUT2D eigenvalue weighted by atomic mass is 19.3. The molecule has 2 aromatic carbocycles. The summed E-state index contributed by atoms with van der Waals surface area (Å²) in [6.07, 6.45) is 0.330. The number of carbonyl (C=O) groups is 3. The van der Waals surface area contributed by atoms with Crippen LogP contribution >= 0.6 is 0 Å². The maximum Gasteiger partial charge on any atom is 0.267 e. The second-order valence-electron chi connectivity index (χ2n) is 9.98. The normalized spacial score (nSPS) is 17.4. The number of alkyl halides is 2. The van der Waals surface area contributed by atoms with Gasteiger partial charge in [-0.15, -0.1) is 0 Å². The number of nitrogens with zero attached hydrogens (tertiary/aromatic N) is 2. The molecule has 0 saturated carbocycles. The molecular weight excluding hydrogens is 534 g/mol. The van der Waals surface area contributed by atoms with Crippen LogP contribution < -0.4 is 15.4 Å². The lowest BCUT2D eigenvalue weighted by molar-refractivity contribution is -0.147. The largest absolute Gasteiger partial charge is 0.484 e. The summed E-state index contributed by atoms with van der Waals surface area (Å²) in [5.74, 6) is -5.30. The number of pyridine rings is 1. The van der Waals surface area contributed by atoms with Crippen molar-refractivity contribution in [3.63, 3.8) is 0 Å². The standard InChI is InChI=1S/C30H32F2N4O5/c1-20-8-5-6-12-25(20)41-18-26(37)35-23(14-21-9-3-2-4-10-21)27(38)29(40)36-19-30(31,32)15-24(36)28(39)34-17-22-11-7-13-33-16-22/h2-13,16,23-24,27,38H,14-15,17-19H2,1H3,(H,34,39)(H,35,37)/t23-,24-,27-/m0/s1. The van der Waals surface area contributed by atoms with Crippen LogP contribution in [0.15, 0.2) is 79.1 Å². The van der Waals surface area contributed by atoms with Crippen LogP contribution in [0.5, 0.6) is 5.75 Å². The van der Waals surface area contributed by atoms with Crippen molar-refractivity contribution in [1.82, 2.24) is 20.5 Å². The average molecular weight is 567 g/mol. The minimum Gasteiger partial charge on any atom is -0.484 e. The summed E-state index contributed by atoms with van der Waals surface area (Å²) in [5.41, 5.74) is 2.17. The van der Waals surface area contributed by atoms with Crippen molar-refractivity contribution in [2.75, 3.05) is 13.2 Å². The summed E-state index contributed by atoms with van der Waals surface area (Å²) in [5, 5.41) is 16.3. The molecule has 1 aromatic heterocycles. The molecule has 3 atom stereocenters. The van der Waals surface area contributed by atoms with Crippen molar-refractivity contribution in [3.05, 3.63) is 95.8 Å². The fourth-order valence-corrected chi connectivity index (χ4v) is 4.65. The molecule has 1 fully saturated rings. The third kappa shape index (κ3) is 8.07. The van der Waals surface area contributed by atoms with Crippen molar-refractivity contribution in [2.45, 2.75) is 50.4 Å². The van der Waals surface area contributed by atoms with Crippen LogP contribution in [0.4, 0.5) is 8.78 Å². The van der Waals surface area contributed by atoms with Gasteiger partial charge in [0.1, 0.15) is 11.8 Å². The third-order valence-electron chi connectivity index (χ3n) is 6.78. The SMILES string of the molecule is Cc1ccccc1OCC(=O)N[C@@H](Cc1ccccc1)[C@H](O)C(=O)N1CC(F)(F)C[C@H]1C(=O)NCc1cccnc1. The van der Waals surface area contributed by atoms with Crippen LogP contribution in [-0.4, -0.2) is 70.0 Å². The third-order valence-corrected chi connectivity index (χ3v) is 6.78. The topological polar surface area (TPSA) is 121 Å². The molecule has 2 heterocycles. The number of aliphatic hydroxyl groups excluding tert-OH is 1. The number of rotatable bonds is 11. The van der Waals surface area contributed by atoms with E-state index in [1.54, 1.807) is 60.8 Å². The zero-order chi connectivity index (χ0) is 29.4. The first-order valence-corrected chi connectivity index (χ1v) is 13.2. The minimum absolute atomic E-state index is 0.0337. The van der Waals surface area contributed by atoms with Crippen molar-refractivity contribution < 1.29 is 33.0 Å². The number of para-hydroxylation sites is 1. The molecule has 3 amide bonds. The van der Waals surface area contributed by atoms with E-state index >= 15 is 0 Å². The predicted octanol–water partition coefficient (Wildman–Crippen LogP) is 2.41. The number of likely N-dealkylation sites (tertiary alicyclic amines) is 1. The lowest BCUT2D eigenvalue weighted by Crippen LogP contribution is -2.56. The van der Waals surface area contributed by atoms with Gasteiger partial charge in [-0.05, 0) is 42.2 Å². The van der Waals surface area contributed by atoms with Gasteiger partial charge in [0.2, 0.25) is 5.91 Å². The van der Waals surface area contributed by atoms with Gasteiger partial charge in [0.15, 0.2) is 12.7 Å². The summed E-state index contributed by atoms with van der Waals surface area (Å²) in [6.45, 7) is 0.435. The Morgan fingerprint density at radius 3 is 2.49 bits per heavy atom. The molecule has 3 aromatic rings. The van der Waals surface area contributed by atoms with Crippen LogP contribution in [0.1, 0.15) is 23.1 Å². The highest BCUT2D eigenvalue weighted by Crippen LogP contribution is 2.33. The molecule has 3 N–H and O–H groups in total. The van der Waals surface area contributed by atoms with Gasteiger partial charge in [0.25, 0.3) is 17.7 Å². The Kier molecular flexibility index (Phi) is 9.61. The number of aromatic nitrogens is 1. The second-order valence-corrected chi connectivity index (χ2v) is 9.98. The summed E-state index contributed by atoms with van der Waals surface area (Å²) in [7, 11) is 0. The molecule has 1 aliphatic heterocycles. The Bertz CT molecular complexity index is 1340. The number of halogens is 2. The van der Waals surface area contributed by atoms with Crippen LogP contribution in [0.3, 0.4) is 0 Å². The van der Waals surface area contributed by atoms with Gasteiger partial charge in [-0.3, -0.25) is 19.4 Å². The van der Waals surface area contributed by atoms with Crippen LogP contribution in [-0.2, 0) is 27.3 Å². The maximum atomic E-state index is 14.5. The molecule has 0 aliphatic carbocycles. The van der Waals surface area contributed by atoms with Crippen molar-refractivity contribution >= 4 is 17.7 Å². The van der Waals surface area contributed by atoms with Gasteiger partial charge < -0.3 is 25.4 Å². The number of aliphatic hydroxyl groups is 1. The van der Waals surface area contributed by atoms with Gasteiger partial charge in [0, 0.05) is 25.4 Å². The molecule has 216 valence electrons. The van der Waals surface area contributed by atoms with Gasteiger partial charge in [-0.25, -0.2) is 8.78 Å². The Balaban J connectivity index is 1.47. The first-order valence-electron chi connectivity index (χ1n) is 13.2. The monoisotopic (exact) mass is 566 g/mol. The molecule has 9 nitrogen and oxygen atoms in total. The first-order chi connectivity index (χ1) is 19.6. The van der Waals surface area contributed by atoms with Gasteiger partial charge in [0.05, 0.1) is 12.6 Å². The molecule has 4 rings (SSSR count). The van der Waals surface area contributed by atoms with Gasteiger partial charge >= 0.3 is 0 Å². The minimum atomic E-state index is -3.33. The number of hydrogen-bond donors (Lipinski definition) is 3.